The maximum atomic E-state index is 13.5. The number of nitrogens with one attached hydrogen (secondary N) is 1. The van der Waals surface area contributed by atoms with Crippen LogP contribution in [0.3, 0.4) is 0 Å². The van der Waals surface area contributed by atoms with E-state index in [1.54, 1.807) is 164 Å². The molecule has 6 atom stereocenters. The van der Waals surface area contributed by atoms with Crippen LogP contribution >= 0.6 is 0 Å². The van der Waals surface area contributed by atoms with Gasteiger partial charge in [-0.25, -0.2) is 14.4 Å². The molecule has 12 amide bonds. The van der Waals surface area contributed by atoms with E-state index in [2.05, 4.69) is 44.8 Å². The Hall–Kier alpha value is -16.5. The van der Waals surface area contributed by atoms with Crippen LogP contribution in [0.5, 0.6) is 0 Å². The molecule has 5 heterocycles. The Morgan fingerprint density at radius 1 is 0.392 bits per heavy atom. The zero-order valence-corrected chi connectivity index (χ0v) is 84.6. The minimum absolute atomic E-state index is 0.00225. The van der Waals surface area contributed by atoms with Gasteiger partial charge in [0.1, 0.15) is 63.0 Å². The van der Waals surface area contributed by atoms with Crippen molar-refractivity contribution in [3.8, 4) is 0 Å². The summed E-state index contributed by atoms with van der Waals surface area (Å²) in [5, 5.41) is 3.38. The Morgan fingerprint density at radius 2 is 0.736 bits per heavy atom. The summed E-state index contributed by atoms with van der Waals surface area (Å²) in [6.07, 6.45) is 10.7. The number of carbonyl (C=O) groups is 18. The fourth-order valence-corrected chi connectivity index (χ4v) is 16.1. The van der Waals surface area contributed by atoms with Gasteiger partial charge in [-0.2, -0.15) is 5.06 Å². The number of amides is 12. The summed E-state index contributed by atoms with van der Waals surface area (Å²) in [4.78, 5) is 242. The van der Waals surface area contributed by atoms with Crippen molar-refractivity contribution in [2.24, 2.45) is 16.7 Å². The lowest BCUT2D eigenvalue weighted by atomic mass is 9.77. The van der Waals surface area contributed by atoms with Gasteiger partial charge in [-0.15, -0.1) is 0 Å². The van der Waals surface area contributed by atoms with Crippen LogP contribution in [0.2, 0.25) is 0 Å². The fraction of sp³-hybridized carbons (Fsp3) is 0.316. The van der Waals surface area contributed by atoms with Gasteiger partial charge in [-0.1, -0.05) is 271 Å². The summed E-state index contributed by atoms with van der Waals surface area (Å²) in [6, 6.07) is 69.0. The highest BCUT2D eigenvalue weighted by Crippen LogP contribution is 2.39. The van der Waals surface area contributed by atoms with Crippen LogP contribution in [0.1, 0.15) is 154 Å². The molecule has 0 spiro atoms. The number of rotatable bonds is 33. The van der Waals surface area contributed by atoms with Gasteiger partial charge in [0, 0.05) is 100 Å². The number of piperazine rings is 3. The molecule has 8 aromatic rings. The Labute approximate surface area is 861 Å². The van der Waals surface area contributed by atoms with E-state index in [1.807, 2.05) is 110 Å². The van der Waals surface area contributed by atoms with E-state index in [-0.39, 0.29) is 104 Å². The maximum absolute atomic E-state index is 13.5. The number of nitrogens with zero attached hydrogens (tertiary/aromatic N) is 8. The second-order valence-corrected chi connectivity index (χ2v) is 35.0. The molecule has 8 aromatic carbocycles. The Kier molecular flexibility index (Phi) is 44.7. The lowest BCUT2D eigenvalue weighted by Crippen LogP contribution is -2.70. The van der Waals surface area contributed by atoms with Crippen LogP contribution in [0, 0.1) is 23.7 Å². The molecule has 0 aliphatic carbocycles. The molecule has 34 nitrogen and oxygen atoms in total. The summed E-state index contributed by atoms with van der Waals surface area (Å²) in [5.74, 6) is -11.2. The van der Waals surface area contributed by atoms with Crippen LogP contribution in [0.15, 0.2) is 313 Å². The molecular weight excluding hydrogens is 1900 g/mol. The smallest absolute Gasteiger partial charge is 0.342 e. The monoisotopic (exact) mass is 2020 g/mol. The van der Waals surface area contributed by atoms with E-state index in [0.29, 0.717) is 67.0 Å². The van der Waals surface area contributed by atoms with Gasteiger partial charge in [0.15, 0.2) is 11.1 Å². The largest absolute Gasteiger partial charge is 0.461 e. The van der Waals surface area contributed by atoms with Crippen molar-refractivity contribution in [3.63, 3.8) is 0 Å². The van der Waals surface area contributed by atoms with Gasteiger partial charge in [0.25, 0.3) is 59.1 Å². The van der Waals surface area contributed by atoms with Gasteiger partial charge < -0.3 is 38.6 Å². The van der Waals surface area contributed by atoms with Crippen molar-refractivity contribution in [2.45, 2.75) is 123 Å². The molecule has 5 saturated heterocycles. The number of esters is 6. The van der Waals surface area contributed by atoms with Crippen molar-refractivity contribution < 1.29 is 120 Å². The third kappa shape index (κ3) is 29.2. The number of hydrogen-bond donors (Lipinski definition) is 1. The zero-order valence-electron chi connectivity index (χ0n) is 84.6. The van der Waals surface area contributed by atoms with E-state index in [1.165, 1.54) is 69.2 Å². The van der Waals surface area contributed by atoms with Crippen molar-refractivity contribution in [1.29, 1.82) is 0 Å². The third-order valence-corrected chi connectivity index (χ3v) is 25.0. The number of piperidine rings is 2. The van der Waals surface area contributed by atoms with Crippen molar-refractivity contribution >= 4 is 107 Å². The van der Waals surface area contributed by atoms with Crippen LogP contribution in [-0.2, 0) is 115 Å². The normalized spacial score (nSPS) is 19.0. The van der Waals surface area contributed by atoms with Crippen LogP contribution in [0.25, 0.3) is 0 Å². The summed E-state index contributed by atoms with van der Waals surface area (Å²) < 4.78 is 30.5. The molecule has 148 heavy (non-hydrogen) atoms. The minimum Gasteiger partial charge on any atom is -0.461 e. The van der Waals surface area contributed by atoms with E-state index in [0.717, 1.165) is 53.3 Å². The maximum Gasteiger partial charge on any atom is 0.342 e. The predicted octanol–water partition coefficient (Wildman–Crippen LogP) is 13.0. The Bertz CT molecular complexity index is 6060. The van der Waals surface area contributed by atoms with Gasteiger partial charge in [0.2, 0.25) is 17.4 Å². The topological polar surface area (TPSA) is 410 Å². The standard InChI is InChI=1S/C24H26N2O4.C23H22N2O5.C23H24N2O4.C18H21NO5.C16H19NO4.C10H15NO3/c1-4-16-30-23(29)24(3)22(28)26(21(27)20-12-10-18(2)11-13-20)15-14-25(24)17-19-8-6-5-7-9-19;1-3-16-30-22(29)23(2)21(28)24(19(26)17-10-6-4-7-11-17)14-15-25(23)20(27)18-12-8-5-9-13-18;1-3-16-29-22(28)23(2)21(27)25(20(26)19-12-8-5-9-13-19)15-14-24(23)17-18-10-6-4-7-11-18;1-3-12-23-17(22)18(4-2)11-10-15(20)19(16(18)21)24-13-14-8-6-5-7-9-14;1-4-11-21-16(20)13(5-2)15(19)17(3)14(18)12-9-7-6-8-10-12;1-3-7-14-9(13)10(2)5-4-6-11-8(10)12/h4-13H,1,14-17H2,2-3H3;3-13H,1,14-16H2,2H3;3-13H,1,14-17H2,2H3;3,5-9H,1,4,10-13H2,2H3;4,6-10,13H,1,5,11H2,2-3H3;3H,1,4-7H2,2H3,(H,11,12). The first-order valence-electron chi connectivity index (χ1n) is 48.0. The van der Waals surface area contributed by atoms with Gasteiger partial charge in [-0.05, 0) is 144 Å². The average molecular weight is 2020 g/mol. The summed E-state index contributed by atoms with van der Waals surface area (Å²) in [6.45, 7) is 34.9. The van der Waals surface area contributed by atoms with Gasteiger partial charge >= 0.3 is 35.8 Å². The molecule has 1 N–H and O–H groups in total. The molecular formula is C114H127N9O25. The molecule has 13 rings (SSSR count). The molecule has 0 aromatic heterocycles. The number of ether oxygens (including phenoxy) is 6. The van der Waals surface area contributed by atoms with Gasteiger partial charge in [-0.3, -0.25) is 106 Å². The second-order valence-electron chi connectivity index (χ2n) is 35.0. The Balaban J connectivity index is 0.000000219. The lowest BCUT2D eigenvalue weighted by molar-refractivity contribution is -0.215. The molecule has 778 valence electrons. The van der Waals surface area contributed by atoms with Crippen molar-refractivity contribution in [2.75, 3.05) is 92.5 Å². The van der Waals surface area contributed by atoms with Gasteiger partial charge in [0.05, 0.1) is 0 Å². The number of imide groups is 5. The highest BCUT2D eigenvalue weighted by atomic mass is 16.7. The molecule has 34 heteroatoms. The van der Waals surface area contributed by atoms with E-state index in [4.69, 9.17) is 33.3 Å². The first-order chi connectivity index (χ1) is 70.9. The highest BCUT2D eigenvalue weighted by molar-refractivity contribution is 6.20. The quantitative estimate of drug-likeness (QED) is 0.0131. The third-order valence-electron chi connectivity index (χ3n) is 25.0. The second kappa shape index (κ2) is 56.7. The van der Waals surface area contributed by atoms with E-state index >= 15 is 0 Å². The summed E-state index contributed by atoms with van der Waals surface area (Å²) in [7, 11) is 1.36. The fourth-order valence-electron chi connectivity index (χ4n) is 16.1. The highest BCUT2D eigenvalue weighted by Gasteiger charge is 2.59. The van der Waals surface area contributed by atoms with E-state index < -0.39 is 134 Å². The summed E-state index contributed by atoms with van der Waals surface area (Å²) >= 11 is 0. The molecule has 5 aliphatic heterocycles. The number of hydroxylamine groups is 2. The summed E-state index contributed by atoms with van der Waals surface area (Å²) in [5.41, 5.74) is -1.99. The number of hydrogen-bond acceptors (Lipinski definition) is 27. The van der Waals surface area contributed by atoms with E-state index in [9.17, 15) is 86.3 Å². The first kappa shape index (κ1) is 117. The predicted molar refractivity (Wildman–Crippen MR) is 548 cm³/mol. The number of aryl methyl sites for hydroxylation is 1. The van der Waals surface area contributed by atoms with Crippen molar-refractivity contribution in [3.05, 3.63) is 363 Å². The molecule has 6 unspecified atom stereocenters. The molecule has 0 bridgehead atoms. The Morgan fingerprint density at radius 3 is 1.13 bits per heavy atom. The van der Waals surface area contributed by atoms with Crippen LogP contribution in [0.4, 0.5) is 0 Å². The lowest BCUT2D eigenvalue weighted by Gasteiger charge is -2.45. The minimum atomic E-state index is -1.99. The molecule has 0 radical (unpaired) electrons. The SMILES string of the molecule is C=CCOC(=O)C(CC)C(=O)N(C)C(=O)c1ccccc1.C=CCOC(=O)C1(C)C(=O)N(C(=O)c2ccc(C)cc2)CCN1Cc1ccccc1.C=CCOC(=O)C1(C)C(=O)N(C(=O)c2ccccc2)CCN1C(=O)c1ccccc1.C=CCOC(=O)C1(C)C(=O)N(C(=O)c2ccccc2)CCN1Cc1ccccc1.C=CCOC(=O)C1(C)CCCNC1=O.C=CCOC(=O)C1(CC)CCC(=O)N(OCc2ccccc2)C1=O. The number of benzene rings is 8. The van der Waals surface area contributed by atoms with Crippen LogP contribution < -0.4 is 5.32 Å². The van der Waals surface area contributed by atoms with Crippen LogP contribution in [-0.4, -0.2) is 255 Å². The zero-order chi connectivity index (χ0) is 108. The van der Waals surface area contributed by atoms with Crippen molar-refractivity contribution in [1.82, 2.24) is 44.7 Å². The first-order valence-corrected chi connectivity index (χ1v) is 48.0. The molecule has 0 saturated carbocycles. The molecule has 5 fully saturated rings. The molecule has 5 aliphatic rings. The number of carbonyl (C=O) groups excluding carboxylic acids is 18. The average Bonchev–Trinajstić information content (AvgIpc) is 0.763.